The van der Waals surface area contributed by atoms with Gasteiger partial charge in [-0.15, -0.1) is 11.3 Å². The van der Waals surface area contributed by atoms with Crippen molar-refractivity contribution >= 4 is 43.1 Å². The first-order chi connectivity index (χ1) is 23.7. The number of benzene rings is 2. The molecule has 2 aromatic heterocycles. The van der Waals surface area contributed by atoms with Crippen molar-refractivity contribution in [3.05, 3.63) is 40.7 Å². The van der Waals surface area contributed by atoms with E-state index in [0.717, 1.165) is 61.1 Å². The second-order valence-electron chi connectivity index (χ2n) is 14.5. The van der Waals surface area contributed by atoms with Gasteiger partial charge in [0.15, 0.2) is 5.82 Å². The predicted octanol–water partition coefficient (Wildman–Crippen LogP) is 5.12. The molecule has 4 saturated heterocycles. The Morgan fingerprint density at radius 2 is 1.98 bits per heavy atom. The largest absolute Gasteiger partial charge is 0.461 e. The number of fused-ring (bicyclic) bond motifs is 7. The Bertz CT molecular complexity index is 2020. The molecule has 7 heterocycles. The maximum absolute atomic E-state index is 17.5. The van der Waals surface area contributed by atoms with Crippen molar-refractivity contribution in [1.29, 1.82) is 5.26 Å². The average Bonchev–Trinajstić information content (AvgIpc) is 3.87. The molecule has 49 heavy (non-hydrogen) atoms. The summed E-state index contributed by atoms with van der Waals surface area (Å²) in [6.07, 6.45) is 2.79. The van der Waals surface area contributed by atoms with Gasteiger partial charge in [-0.05, 0) is 61.9 Å². The van der Waals surface area contributed by atoms with E-state index in [1.807, 2.05) is 25.1 Å². The highest BCUT2D eigenvalue weighted by Gasteiger charge is 2.50. The Morgan fingerprint density at radius 3 is 2.76 bits per heavy atom. The molecule has 0 radical (unpaired) electrons. The van der Waals surface area contributed by atoms with Crippen LogP contribution < -0.4 is 15.4 Å². The van der Waals surface area contributed by atoms with Crippen LogP contribution >= 0.6 is 11.3 Å². The van der Waals surface area contributed by atoms with E-state index in [-0.39, 0.29) is 43.4 Å². The van der Waals surface area contributed by atoms with Gasteiger partial charge in [-0.25, -0.2) is 8.78 Å². The lowest BCUT2D eigenvalue weighted by molar-refractivity contribution is 0.107. The van der Waals surface area contributed by atoms with Gasteiger partial charge in [-0.1, -0.05) is 12.1 Å². The molecule has 3 N–H and O–H groups in total. The smallest absolute Gasteiger partial charge is 0.319 e. The molecular weight excluding hydrogens is 649 g/mol. The summed E-state index contributed by atoms with van der Waals surface area (Å²) in [5.74, 6) is 0.127. The van der Waals surface area contributed by atoms with Crippen LogP contribution in [0.1, 0.15) is 55.7 Å². The number of β-amino-alcohol motifs (C(OH)–C–C–N with tert-alkyl or cyclic N) is 1. The molecule has 2 aromatic carbocycles. The standard InChI is InChI=1S/C36H39F2N7O3S/c1-19(46)12-43-14-21-6-7-22(15-43)45(21)34-30-26-17-47-16-25(26)29(23-4-2-5-27-28(23)24(11-39)33(40)49-27)31(38)32(30)41-35(42-34)48-18-36-8-3-9-44(36)13-20(37)10-36/h2,4-5,19-22,46H,3,6-10,12-18,40H2,1H3/t19-,20-,21?,22?,36+/m1/s1. The molecule has 2 unspecified atom stereocenters. The number of nitrogens with two attached hydrogens (primary N) is 1. The van der Waals surface area contributed by atoms with E-state index in [1.54, 1.807) is 0 Å². The highest BCUT2D eigenvalue weighted by atomic mass is 32.1. The number of rotatable bonds is 7. The SMILES string of the molecule is C[C@@H](O)CN1CC2CCC(C1)N2c1nc(OC[C@@]23CCCN2C[C@H](F)C3)nc2c(F)c(-c3cccc4sc(N)c(C#N)c34)c3c(c12)COC3. The number of nitriles is 1. The number of ether oxygens (including phenoxy) is 2. The van der Waals surface area contributed by atoms with E-state index in [1.165, 1.54) is 11.3 Å². The first kappa shape index (κ1) is 31.3. The second kappa shape index (κ2) is 11.7. The second-order valence-corrected chi connectivity index (χ2v) is 15.6. The van der Waals surface area contributed by atoms with Crippen molar-refractivity contribution < 1.29 is 23.4 Å². The number of thiophene rings is 1. The molecule has 9 rings (SSSR count). The third-order valence-electron chi connectivity index (χ3n) is 11.4. The van der Waals surface area contributed by atoms with Crippen LogP contribution in [0.3, 0.4) is 0 Å². The van der Waals surface area contributed by atoms with Gasteiger partial charge in [-0.2, -0.15) is 15.2 Å². The lowest BCUT2D eigenvalue weighted by atomic mass is 9.90. The van der Waals surface area contributed by atoms with Gasteiger partial charge in [0.05, 0.1) is 35.8 Å². The number of aromatic nitrogens is 2. The molecule has 10 nitrogen and oxygen atoms in total. The molecule has 0 spiro atoms. The topological polar surface area (TPSA) is 124 Å². The van der Waals surface area contributed by atoms with Crippen molar-refractivity contribution in [2.45, 2.75) is 82.1 Å². The quantitative estimate of drug-likeness (QED) is 0.271. The van der Waals surface area contributed by atoms with Gasteiger partial charge >= 0.3 is 6.01 Å². The van der Waals surface area contributed by atoms with Crippen molar-refractivity contribution in [2.75, 3.05) is 50.0 Å². The number of hydrogen-bond donors (Lipinski definition) is 2. The normalized spacial score (nSPS) is 27.2. The Hall–Kier alpha value is -3.67. The molecule has 4 fully saturated rings. The molecule has 0 aliphatic carbocycles. The van der Waals surface area contributed by atoms with Crippen LogP contribution in [0.2, 0.25) is 0 Å². The molecule has 256 valence electrons. The zero-order valence-corrected chi connectivity index (χ0v) is 28.2. The number of hydrogen-bond acceptors (Lipinski definition) is 11. The zero-order valence-electron chi connectivity index (χ0n) is 27.4. The van der Waals surface area contributed by atoms with Gasteiger partial charge in [0, 0.05) is 60.3 Å². The summed E-state index contributed by atoms with van der Waals surface area (Å²) in [6.45, 7) is 5.88. The monoisotopic (exact) mass is 687 g/mol. The molecule has 13 heteroatoms. The lowest BCUT2D eigenvalue weighted by Crippen LogP contribution is -2.55. The van der Waals surface area contributed by atoms with E-state index in [4.69, 9.17) is 25.2 Å². The molecule has 0 amide bonds. The van der Waals surface area contributed by atoms with Crippen LogP contribution in [0.25, 0.3) is 32.1 Å². The van der Waals surface area contributed by atoms with Gasteiger partial charge in [0.25, 0.3) is 0 Å². The first-order valence-corrected chi connectivity index (χ1v) is 18.1. The number of nitrogens with zero attached hydrogens (tertiary/aromatic N) is 6. The summed E-state index contributed by atoms with van der Waals surface area (Å²) in [7, 11) is 0. The van der Waals surface area contributed by atoms with Crippen molar-refractivity contribution in [3.8, 4) is 23.2 Å². The van der Waals surface area contributed by atoms with Crippen LogP contribution in [0.4, 0.5) is 19.6 Å². The third-order valence-corrected chi connectivity index (χ3v) is 12.4. The summed E-state index contributed by atoms with van der Waals surface area (Å²) in [4.78, 5) is 16.7. The van der Waals surface area contributed by atoms with Crippen molar-refractivity contribution in [1.82, 2.24) is 19.8 Å². The minimum absolute atomic E-state index is 0.0799. The predicted molar refractivity (Wildman–Crippen MR) is 184 cm³/mol. The van der Waals surface area contributed by atoms with Gasteiger partial charge in [0.2, 0.25) is 0 Å². The zero-order chi connectivity index (χ0) is 33.6. The fraction of sp³-hybridized carbons (Fsp3) is 0.528. The maximum atomic E-state index is 17.5. The van der Waals surface area contributed by atoms with Crippen LogP contribution in [0, 0.1) is 17.1 Å². The number of anilines is 2. The van der Waals surface area contributed by atoms with E-state index in [0.29, 0.717) is 57.8 Å². The molecule has 4 aromatic rings. The van der Waals surface area contributed by atoms with Crippen LogP contribution in [0.15, 0.2) is 18.2 Å². The summed E-state index contributed by atoms with van der Waals surface area (Å²) >= 11 is 1.31. The Labute approximate surface area is 287 Å². The van der Waals surface area contributed by atoms with Gasteiger partial charge in [-0.3, -0.25) is 9.80 Å². The number of halogens is 2. The van der Waals surface area contributed by atoms with E-state index in [9.17, 15) is 14.8 Å². The Kier molecular flexibility index (Phi) is 7.48. The van der Waals surface area contributed by atoms with Crippen LogP contribution in [-0.4, -0.2) is 94.1 Å². The van der Waals surface area contributed by atoms with E-state index >= 15 is 4.39 Å². The fourth-order valence-corrected chi connectivity index (χ4v) is 10.5. The average molecular weight is 688 g/mol. The van der Waals surface area contributed by atoms with Crippen molar-refractivity contribution in [2.24, 2.45) is 0 Å². The number of nitrogen functional groups attached to an aromatic ring is 1. The minimum Gasteiger partial charge on any atom is -0.461 e. The highest BCUT2D eigenvalue weighted by molar-refractivity contribution is 7.23. The highest BCUT2D eigenvalue weighted by Crippen LogP contribution is 2.49. The van der Waals surface area contributed by atoms with E-state index < -0.39 is 23.6 Å². The summed E-state index contributed by atoms with van der Waals surface area (Å²) < 4.78 is 45.4. The molecule has 5 aliphatic heterocycles. The van der Waals surface area contributed by atoms with Gasteiger partial charge < -0.3 is 25.2 Å². The summed E-state index contributed by atoms with van der Waals surface area (Å²) in [5.41, 5.74) is 8.85. The number of likely N-dealkylation sites (tertiary alicyclic amines) is 1. The van der Waals surface area contributed by atoms with Crippen LogP contribution in [0.5, 0.6) is 6.01 Å². The van der Waals surface area contributed by atoms with Gasteiger partial charge in [0.1, 0.15) is 35.2 Å². The summed E-state index contributed by atoms with van der Waals surface area (Å²) in [5, 5.41) is 21.8. The lowest BCUT2D eigenvalue weighted by Gasteiger charge is -2.42. The molecule has 5 aliphatic rings. The number of aliphatic hydroxyl groups excluding tert-OH is 1. The molecule has 0 saturated carbocycles. The minimum atomic E-state index is -0.903. The maximum Gasteiger partial charge on any atom is 0.319 e. The van der Waals surface area contributed by atoms with Crippen molar-refractivity contribution in [3.63, 3.8) is 0 Å². The van der Waals surface area contributed by atoms with Crippen LogP contribution in [-0.2, 0) is 18.0 Å². The first-order valence-electron chi connectivity index (χ1n) is 17.3. The number of alkyl halides is 1. The summed E-state index contributed by atoms with van der Waals surface area (Å²) in [6, 6.07) is 8.15. The third kappa shape index (κ3) is 4.90. The molecule has 2 bridgehead atoms. The Balaban J connectivity index is 1.23. The number of aliphatic hydroxyl groups is 1. The van der Waals surface area contributed by atoms with E-state index in [2.05, 4.69) is 20.8 Å². The Morgan fingerprint density at radius 1 is 1.18 bits per heavy atom. The molecular formula is C36H39F2N7O3S. The fourth-order valence-electron chi connectivity index (χ4n) is 9.52. The number of piperazine rings is 1. The molecule has 5 atom stereocenters.